The van der Waals surface area contributed by atoms with E-state index >= 15 is 0 Å². The number of ketones is 1. The van der Waals surface area contributed by atoms with Gasteiger partial charge in [-0.15, -0.1) is 0 Å². The standard InChI is InChI=1S/C14H8ClF3O/c15-9-3-1-4-10(16)8(9)7-13(19)14-11(17)5-2-6-12(14)18/h1-6H,7H2. The van der Waals surface area contributed by atoms with Crippen LogP contribution in [0.25, 0.3) is 0 Å². The van der Waals surface area contributed by atoms with E-state index in [0.717, 1.165) is 24.3 Å². The number of hydrogen-bond acceptors (Lipinski definition) is 1. The second-order valence-corrected chi connectivity index (χ2v) is 4.30. The fourth-order valence-corrected chi connectivity index (χ4v) is 1.94. The Morgan fingerprint density at radius 3 is 2.05 bits per heavy atom. The maximum Gasteiger partial charge on any atom is 0.173 e. The molecule has 98 valence electrons. The minimum absolute atomic E-state index is 0.0464. The smallest absolute Gasteiger partial charge is 0.173 e. The number of rotatable bonds is 3. The lowest BCUT2D eigenvalue weighted by Crippen LogP contribution is -2.10. The first kappa shape index (κ1) is 13.6. The summed E-state index contributed by atoms with van der Waals surface area (Å²) in [6, 6.07) is 7.02. The van der Waals surface area contributed by atoms with Crippen molar-refractivity contribution in [3.05, 3.63) is 70.0 Å². The molecular weight excluding hydrogens is 277 g/mol. The second kappa shape index (κ2) is 5.45. The van der Waals surface area contributed by atoms with E-state index in [9.17, 15) is 18.0 Å². The van der Waals surface area contributed by atoms with Crippen LogP contribution < -0.4 is 0 Å². The summed E-state index contributed by atoms with van der Waals surface area (Å²) in [7, 11) is 0. The molecule has 2 aromatic rings. The normalized spacial score (nSPS) is 10.5. The molecule has 0 N–H and O–H groups in total. The summed E-state index contributed by atoms with van der Waals surface area (Å²) in [4.78, 5) is 11.9. The van der Waals surface area contributed by atoms with Crippen LogP contribution in [0.4, 0.5) is 13.2 Å². The van der Waals surface area contributed by atoms with Crippen molar-refractivity contribution in [2.45, 2.75) is 6.42 Å². The van der Waals surface area contributed by atoms with Crippen molar-refractivity contribution in [1.29, 1.82) is 0 Å². The lowest BCUT2D eigenvalue weighted by Gasteiger charge is -2.07. The molecule has 0 heterocycles. The molecular formula is C14H8ClF3O. The summed E-state index contributed by atoms with van der Waals surface area (Å²) in [6.07, 6.45) is -0.497. The van der Waals surface area contributed by atoms with Crippen LogP contribution in [-0.2, 0) is 6.42 Å². The molecule has 2 aromatic carbocycles. The average molecular weight is 285 g/mol. The Morgan fingerprint density at radius 2 is 1.47 bits per heavy atom. The number of Topliss-reactive ketones (excluding diaryl/α,β-unsaturated/α-hetero) is 1. The minimum Gasteiger partial charge on any atom is -0.294 e. The molecule has 0 spiro atoms. The highest BCUT2D eigenvalue weighted by Crippen LogP contribution is 2.22. The molecule has 1 nitrogen and oxygen atoms in total. The van der Waals surface area contributed by atoms with Gasteiger partial charge in [-0.2, -0.15) is 0 Å². The van der Waals surface area contributed by atoms with Gasteiger partial charge in [0, 0.05) is 17.0 Å². The summed E-state index contributed by atoms with van der Waals surface area (Å²) in [6.45, 7) is 0. The van der Waals surface area contributed by atoms with Crippen LogP contribution in [-0.4, -0.2) is 5.78 Å². The Labute approximate surface area is 112 Å². The van der Waals surface area contributed by atoms with Crippen LogP contribution in [0.1, 0.15) is 15.9 Å². The first-order chi connectivity index (χ1) is 9.00. The van der Waals surface area contributed by atoms with Crippen molar-refractivity contribution in [2.75, 3.05) is 0 Å². The molecule has 0 radical (unpaired) electrons. The number of carbonyl (C=O) groups excluding carboxylic acids is 1. The SMILES string of the molecule is O=C(Cc1c(F)cccc1Cl)c1c(F)cccc1F. The van der Waals surface area contributed by atoms with Gasteiger partial charge >= 0.3 is 0 Å². The van der Waals surface area contributed by atoms with E-state index in [2.05, 4.69) is 0 Å². The number of carbonyl (C=O) groups is 1. The zero-order valence-electron chi connectivity index (χ0n) is 9.59. The first-order valence-corrected chi connectivity index (χ1v) is 5.78. The summed E-state index contributed by atoms with van der Waals surface area (Å²) in [5, 5.41) is 0.0464. The number of halogens is 4. The van der Waals surface area contributed by atoms with Crippen molar-refractivity contribution in [3.63, 3.8) is 0 Å². The highest BCUT2D eigenvalue weighted by Gasteiger charge is 2.19. The lowest BCUT2D eigenvalue weighted by molar-refractivity contribution is 0.0983. The topological polar surface area (TPSA) is 17.1 Å². The van der Waals surface area contributed by atoms with Gasteiger partial charge in [0.1, 0.15) is 17.5 Å². The fourth-order valence-electron chi connectivity index (χ4n) is 1.71. The third-order valence-electron chi connectivity index (χ3n) is 2.64. The lowest BCUT2D eigenvalue weighted by atomic mass is 10.0. The minimum atomic E-state index is -0.975. The van der Waals surface area contributed by atoms with Gasteiger partial charge in [-0.1, -0.05) is 23.7 Å². The van der Waals surface area contributed by atoms with Crippen LogP contribution in [0.15, 0.2) is 36.4 Å². The Morgan fingerprint density at radius 1 is 0.947 bits per heavy atom. The van der Waals surface area contributed by atoms with E-state index in [-0.39, 0.29) is 10.6 Å². The molecule has 0 aromatic heterocycles. The van der Waals surface area contributed by atoms with Gasteiger partial charge in [-0.3, -0.25) is 4.79 Å². The Kier molecular flexibility index (Phi) is 3.90. The highest BCUT2D eigenvalue weighted by molar-refractivity contribution is 6.31. The fraction of sp³-hybridized carbons (Fsp3) is 0.0714. The summed E-state index contributed by atoms with van der Waals surface area (Å²) >= 11 is 5.76. The van der Waals surface area contributed by atoms with Gasteiger partial charge in [0.25, 0.3) is 0 Å². The van der Waals surface area contributed by atoms with Gasteiger partial charge in [0.15, 0.2) is 5.78 Å². The Hall–Kier alpha value is -1.81. The molecule has 0 amide bonds. The van der Waals surface area contributed by atoms with Crippen LogP contribution >= 0.6 is 11.6 Å². The van der Waals surface area contributed by atoms with Gasteiger partial charge in [0.05, 0.1) is 5.56 Å². The Balaban J connectivity index is 2.37. The molecule has 19 heavy (non-hydrogen) atoms. The van der Waals surface area contributed by atoms with Crippen LogP contribution in [0.3, 0.4) is 0 Å². The molecule has 0 bridgehead atoms. The summed E-state index contributed by atoms with van der Waals surface area (Å²) in [5.41, 5.74) is -0.751. The van der Waals surface area contributed by atoms with E-state index in [1.807, 2.05) is 0 Å². The van der Waals surface area contributed by atoms with Gasteiger partial charge in [0.2, 0.25) is 0 Å². The van der Waals surface area contributed by atoms with Crippen molar-refractivity contribution in [2.24, 2.45) is 0 Å². The molecule has 0 aliphatic carbocycles. The maximum atomic E-state index is 13.5. The summed E-state index contributed by atoms with van der Waals surface area (Å²) < 4.78 is 40.3. The van der Waals surface area contributed by atoms with E-state index in [1.54, 1.807) is 0 Å². The molecule has 5 heteroatoms. The van der Waals surface area contributed by atoms with Crippen molar-refractivity contribution < 1.29 is 18.0 Å². The van der Waals surface area contributed by atoms with Crippen molar-refractivity contribution >= 4 is 17.4 Å². The molecule has 0 saturated carbocycles. The van der Waals surface area contributed by atoms with Gasteiger partial charge in [-0.25, -0.2) is 13.2 Å². The van der Waals surface area contributed by atoms with Crippen LogP contribution in [0, 0.1) is 17.5 Å². The van der Waals surface area contributed by atoms with E-state index in [1.165, 1.54) is 12.1 Å². The zero-order chi connectivity index (χ0) is 14.0. The first-order valence-electron chi connectivity index (χ1n) is 5.41. The molecule has 0 saturated heterocycles. The molecule has 0 fully saturated rings. The molecule has 0 aliphatic heterocycles. The predicted octanol–water partition coefficient (Wildman–Crippen LogP) is 4.18. The maximum absolute atomic E-state index is 13.5. The van der Waals surface area contributed by atoms with E-state index in [0.29, 0.717) is 0 Å². The van der Waals surface area contributed by atoms with Crippen molar-refractivity contribution in [1.82, 2.24) is 0 Å². The van der Waals surface area contributed by atoms with E-state index in [4.69, 9.17) is 11.6 Å². The largest absolute Gasteiger partial charge is 0.294 e. The number of benzene rings is 2. The third kappa shape index (κ3) is 2.79. The molecule has 0 aliphatic rings. The molecule has 0 unspecified atom stereocenters. The summed E-state index contributed by atoms with van der Waals surface area (Å²) in [5.74, 6) is -3.49. The third-order valence-corrected chi connectivity index (χ3v) is 2.99. The average Bonchev–Trinajstić information content (AvgIpc) is 2.34. The Bertz CT molecular complexity index is 600. The molecule has 2 rings (SSSR count). The quantitative estimate of drug-likeness (QED) is 0.773. The van der Waals surface area contributed by atoms with Gasteiger partial charge in [-0.05, 0) is 24.3 Å². The van der Waals surface area contributed by atoms with E-state index < -0.39 is 35.2 Å². The van der Waals surface area contributed by atoms with Gasteiger partial charge < -0.3 is 0 Å². The monoisotopic (exact) mass is 284 g/mol. The predicted molar refractivity (Wildman–Crippen MR) is 65.8 cm³/mol. The number of hydrogen-bond donors (Lipinski definition) is 0. The van der Waals surface area contributed by atoms with Crippen LogP contribution in [0.2, 0.25) is 5.02 Å². The molecule has 0 atom stereocenters. The highest BCUT2D eigenvalue weighted by atomic mass is 35.5. The van der Waals surface area contributed by atoms with Crippen LogP contribution in [0.5, 0.6) is 0 Å². The zero-order valence-corrected chi connectivity index (χ0v) is 10.3. The van der Waals surface area contributed by atoms with Crippen molar-refractivity contribution in [3.8, 4) is 0 Å². The second-order valence-electron chi connectivity index (χ2n) is 3.90.